The van der Waals surface area contributed by atoms with Crippen molar-refractivity contribution in [3.63, 3.8) is 0 Å². The molecule has 0 spiro atoms. The van der Waals surface area contributed by atoms with E-state index in [0.717, 1.165) is 18.9 Å². The van der Waals surface area contributed by atoms with Crippen LogP contribution >= 0.6 is 0 Å². The minimum Gasteiger partial charge on any atom is -0.459 e. The fraction of sp³-hybridized carbons (Fsp3) is 0.286. The van der Waals surface area contributed by atoms with Crippen molar-refractivity contribution in [3.05, 3.63) is 71.8 Å². The van der Waals surface area contributed by atoms with E-state index in [2.05, 4.69) is 51.4 Å². The highest BCUT2D eigenvalue weighted by atomic mass is 16.3. The number of rotatable bonds is 5. The Morgan fingerprint density at radius 1 is 1.11 bits per heavy atom. The van der Waals surface area contributed by atoms with Gasteiger partial charge >= 0.3 is 0 Å². The second-order valence-electron chi connectivity index (χ2n) is 6.83. The first kappa shape index (κ1) is 18.0. The zero-order chi connectivity index (χ0) is 19.3. The van der Waals surface area contributed by atoms with E-state index in [1.54, 1.807) is 18.3 Å². The van der Waals surface area contributed by atoms with Crippen molar-refractivity contribution < 1.29 is 9.21 Å². The number of carbonyl (C=O) groups excluding carboxylic acids is 1. The number of aromatic nitrogens is 2. The summed E-state index contributed by atoms with van der Waals surface area (Å²) in [5.74, 6) is 1.80. The van der Waals surface area contributed by atoms with Crippen LogP contribution in [0.4, 0.5) is 11.8 Å². The first-order chi connectivity index (χ1) is 13.7. The Morgan fingerprint density at radius 3 is 2.61 bits per heavy atom. The third kappa shape index (κ3) is 4.14. The largest absolute Gasteiger partial charge is 0.459 e. The Balaban J connectivity index is 1.34. The van der Waals surface area contributed by atoms with Crippen LogP contribution < -0.4 is 10.2 Å². The molecule has 1 fully saturated rings. The molecule has 28 heavy (non-hydrogen) atoms. The maximum atomic E-state index is 12.4. The number of hydrogen-bond donors (Lipinski definition) is 1. The normalized spacial score (nSPS) is 14.2. The molecule has 0 bridgehead atoms. The molecule has 0 atom stereocenters. The van der Waals surface area contributed by atoms with Gasteiger partial charge in [-0.05, 0) is 30.7 Å². The number of hydrogen-bond acceptors (Lipinski definition) is 6. The van der Waals surface area contributed by atoms with Gasteiger partial charge in [0.2, 0.25) is 5.95 Å². The number of furan rings is 1. The molecule has 0 saturated carbocycles. The van der Waals surface area contributed by atoms with Crippen molar-refractivity contribution in [2.24, 2.45) is 0 Å². The van der Waals surface area contributed by atoms with Gasteiger partial charge < -0.3 is 19.5 Å². The maximum absolute atomic E-state index is 12.4. The van der Waals surface area contributed by atoms with Crippen molar-refractivity contribution in [1.29, 1.82) is 0 Å². The molecule has 4 rings (SSSR count). The lowest BCUT2D eigenvalue weighted by Crippen LogP contribution is -2.49. The van der Waals surface area contributed by atoms with E-state index in [0.29, 0.717) is 31.3 Å². The predicted molar refractivity (Wildman–Crippen MR) is 107 cm³/mol. The monoisotopic (exact) mass is 377 g/mol. The van der Waals surface area contributed by atoms with Crippen molar-refractivity contribution in [2.75, 3.05) is 36.4 Å². The number of anilines is 2. The highest BCUT2D eigenvalue weighted by Crippen LogP contribution is 2.17. The van der Waals surface area contributed by atoms with Gasteiger partial charge in [-0.3, -0.25) is 4.79 Å². The SMILES string of the molecule is Cc1ccc(CNc2nccc(N3CCN(C(=O)c4ccco4)CC3)n2)cc1. The summed E-state index contributed by atoms with van der Waals surface area (Å²) in [5, 5.41) is 3.28. The molecule has 7 nitrogen and oxygen atoms in total. The summed E-state index contributed by atoms with van der Waals surface area (Å²) < 4.78 is 5.21. The van der Waals surface area contributed by atoms with E-state index in [1.807, 2.05) is 11.0 Å². The average molecular weight is 377 g/mol. The molecule has 7 heteroatoms. The zero-order valence-corrected chi connectivity index (χ0v) is 15.8. The number of piperazine rings is 1. The fourth-order valence-electron chi connectivity index (χ4n) is 3.19. The van der Waals surface area contributed by atoms with Gasteiger partial charge in [-0.25, -0.2) is 4.98 Å². The smallest absolute Gasteiger partial charge is 0.289 e. The Bertz CT molecular complexity index is 916. The molecule has 144 valence electrons. The molecule has 3 heterocycles. The van der Waals surface area contributed by atoms with Crippen molar-refractivity contribution in [1.82, 2.24) is 14.9 Å². The molecule has 0 radical (unpaired) electrons. The summed E-state index contributed by atoms with van der Waals surface area (Å²) in [6.45, 7) is 5.47. The maximum Gasteiger partial charge on any atom is 0.289 e. The van der Waals surface area contributed by atoms with Gasteiger partial charge in [-0.2, -0.15) is 4.98 Å². The molecule has 1 amide bonds. The van der Waals surface area contributed by atoms with Crippen LogP contribution in [0, 0.1) is 6.92 Å². The summed E-state index contributed by atoms with van der Waals surface area (Å²) in [6.07, 6.45) is 3.29. The summed E-state index contributed by atoms with van der Waals surface area (Å²) in [4.78, 5) is 25.3. The summed E-state index contributed by atoms with van der Waals surface area (Å²) >= 11 is 0. The molecule has 1 aliphatic rings. The van der Waals surface area contributed by atoms with Crippen LogP contribution in [0.25, 0.3) is 0 Å². The third-order valence-electron chi connectivity index (χ3n) is 4.83. The van der Waals surface area contributed by atoms with Gasteiger partial charge in [0, 0.05) is 38.9 Å². The van der Waals surface area contributed by atoms with Crippen LogP contribution in [0.15, 0.2) is 59.3 Å². The lowest BCUT2D eigenvalue weighted by molar-refractivity contribution is 0.0714. The van der Waals surface area contributed by atoms with Gasteiger partial charge in [-0.1, -0.05) is 29.8 Å². The van der Waals surface area contributed by atoms with Crippen LogP contribution in [-0.4, -0.2) is 47.0 Å². The summed E-state index contributed by atoms with van der Waals surface area (Å²) in [6, 6.07) is 13.7. The Kier molecular flexibility index (Phi) is 5.23. The molecular weight excluding hydrogens is 354 g/mol. The number of amides is 1. The second-order valence-corrected chi connectivity index (χ2v) is 6.83. The summed E-state index contributed by atoms with van der Waals surface area (Å²) in [7, 11) is 0. The van der Waals surface area contributed by atoms with Crippen LogP contribution in [0.2, 0.25) is 0 Å². The minimum absolute atomic E-state index is 0.0622. The van der Waals surface area contributed by atoms with Crippen LogP contribution in [0.1, 0.15) is 21.7 Å². The molecular formula is C21H23N5O2. The predicted octanol–water partition coefficient (Wildman–Crippen LogP) is 2.95. The van der Waals surface area contributed by atoms with Gasteiger partial charge in [0.05, 0.1) is 6.26 Å². The first-order valence-electron chi connectivity index (χ1n) is 9.39. The summed E-state index contributed by atoms with van der Waals surface area (Å²) in [5.41, 5.74) is 2.43. The second kappa shape index (κ2) is 8.12. The van der Waals surface area contributed by atoms with Gasteiger partial charge in [0.25, 0.3) is 5.91 Å². The number of nitrogens with zero attached hydrogens (tertiary/aromatic N) is 4. The van der Waals surface area contributed by atoms with Gasteiger partial charge in [0.15, 0.2) is 5.76 Å². The van der Waals surface area contributed by atoms with Gasteiger partial charge in [-0.15, -0.1) is 0 Å². The average Bonchev–Trinajstić information content (AvgIpc) is 3.28. The van der Waals surface area contributed by atoms with Crippen LogP contribution in [-0.2, 0) is 6.54 Å². The number of aryl methyl sites for hydroxylation is 1. The molecule has 3 aromatic rings. The van der Waals surface area contributed by atoms with E-state index in [4.69, 9.17) is 4.42 Å². The molecule has 1 aliphatic heterocycles. The van der Waals surface area contributed by atoms with Crippen molar-refractivity contribution in [2.45, 2.75) is 13.5 Å². The number of benzene rings is 1. The topological polar surface area (TPSA) is 74.5 Å². The lowest BCUT2D eigenvalue weighted by atomic mass is 10.1. The Labute approximate surface area is 164 Å². The molecule has 1 saturated heterocycles. The molecule has 0 unspecified atom stereocenters. The van der Waals surface area contributed by atoms with Crippen LogP contribution in [0.3, 0.4) is 0 Å². The number of nitrogens with one attached hydrogen (secondary N) is 1. The molecule has 0 aliphatic carbocycles. The third-order valence-corrected chi connectivity index (χ3v) is 4.83. The van der Waals surface area contributed by atoms with Crippen molar-refractivity contribution >= 4 is 17.7 Å². The van der Waals surface area contributed by atoms with E-state index in [-0.39, 0.29) is 5.91 Å². The van der Waals surface area contributed by atoms with Gasteiger partial charge in [0.1, 0.15) is 5.82 Å². The molecule has 1 aromatic carbocycles. The highest BCUT2D eigenvalue weighted by Gasteiger charge is 2.24. The lowest BCUT2D eigenvalue weighted by Gasteiger charge is -2.35. The highest BCUT2D eigenvalue weighted by molar-refractivity contribution is 5.91. The van der Waals surface area contributed by atoms with E-state index >= 15 is 0 Å². The molecule has 1 N–H and O–H groups in total. The standard InChI is InChI=1S/C21H23N5O2/c1-16-4-6-17(7-5-16)15-23-21-22-9-8-19(24-21)25-10-12-26(13-11-25)20(27)18-3-2-14-28-18/h2-9,14H,10-13,15H2,1H3,(H,22,23,24). The van der Waals surface area contributed by atoms with Crippen LogP contribution in [0.5, 0.6) is 0 Å². The van der Waals surface area contributed by atoms with E-state index in [1.165, 1.54) is 17.4 Å². The first-order valence-corrected chi connectivity index (χ1v) is 9.39. The Morgan fingerprint density at radius 2 is 1.89 bits per heavy atom. The number of carbonyl (C=O) groups is 1. The van der Waals surface area contributed by atoms with E-state index < -0.39 is 0 Å². The minimum atomic E-state index is -0.0622. The molecule has 2 aromatic heterocycles. The quantitative estimate of drug-likeness (QED) is 0.737. The van der Waals surface area contributed by atoms with E-state index in [9.17, 15) is 4.79 Å². The van der Waals surface area contributed by atoms with Crippen molar-refractivity contribution in [3.8, 4) is 0 Å². The fourth-order valence-corrected chi connectivity index (χ4v) is 3.19. The Hall–Kier alpha value is -3.35. The zero-order valence-electron chi connectivity index (χ0n) is 15.8.